The molecule has 9 heteroatoms. The molecular formula is C21H18N4O3S2. The lowest BCUT2D eigenvalue weighted by Gasteiger charge is -2.06. The smallest absolute Gasteiger partial charge is 0.262 e. The summed E-state index contributed by atoms with van der Waals surface area (Å²) in [4.78, 5) is 45.7. The number of aromatic nitrogens is 3. The average molecular weight is 439 g/mol. The van der Waals surface area contributed by atoms with Crippen molar-refractivity contribution in [3.63, 3.8) is 0 Å². The molecule has 0 saturated carbocycles. The molecule has 1 amide bonds. The zero-order chi connectivity index (χ0) is 21.3. The van der Waals surface area contributed by atoms with Crippen molar-refractivity contribution in [1.29, 1.82) is 0 Å². The number of thiazole rings is 1. The van der Waals surface area contributed by atoms with E-state index in [2.05, 4.69) is 15.3 Å². The Labute approximate surface area is 180 Å². The zero-order valence-corrected chi connectivity index (χ0v) is 18.0. The van der Waals surface area contributed by atoms with Crippen LogP contribution in [0.3, 0.4) is 0 Å². The quantitative estimate of drug-likeness (QED) is 0.457. The number of aryl methyl sites for hydroxylation is 2. The molecule has 1 aromatic carbocycles. The lowest BCUT2D eigenvalue weighted by molar-refractivity contribution is -0.116. The zero-order valence-electron chi connectivity index (χ0n) is 16.3. The van der Waals surface area contributed by atoms with Crippen LogP contribution in [-0.2, 0) is 11.3 Å². The van der Waals surface area contributed by atoms with Crippen molar-refractivity contribution >= 4 is 49.7 Å². The van der Waals surface area contributed by atoms with Gasteiger partial charge >= 0.3 is 0 Å². The molecule has 3 aromatic heterocycles. The summed E-state index contributed by atoms with van der Waals surface area (Å²) < 4.78 is 1.45. The summed E-state index contributed by atoms with van der Waals surface area (Å²) in [6, 6.07) is 8.00. The van der Waals surface area contributed by atoms with Crippen molar-refractivity contribution in [2.24, 2.45) is 0 Å². The van der Waals surface area contributed by atoms with Gasteiger partial charge in [-0.1, -0.05) is 29.8 Å². The number of thiophene rings is 1. The molecule has 0 bridgehead atoms. The van der Waals surface area contributed by atoms with Gasteiger partial charge in [-0.3, -0.25) is 19.0 Å². The molecule has 0 spiro atoms. The summed E-state index contributed by atoms with van der Waals surface area (Å²) in [7, 11) is 0. The first kappa shape index (κ1) is 20.1. The van der Waals surface area contributed by atoms with Gasteiger partial charge in [-0.15, -0.1) is 22.7 Å². The Kier molecular flexibility index (Phi) is 5.56. The molecule has 0 saturated heterocycles. The van der Waals surface area contributed by atoms with Gasteiger partial charge in [0.05, 0.1) is 11.7 Å². The van der Waals surface area contributed by atoms with E-state index in [4.69, 9.17) is 0 Å². The summed E-state index contributed by atoms with van der Waals surface area (Å²) in [5, 5.41) is 7.14. The minimum absolute atomic E-state index is 0.0894. The van der Waals surface area contributed by atoms with Crippen LogP contribution >= 0.6 is 22.7 Å². The van der Waals surface area contributed by atoms with Crippen LogP contribution in [0.25, 0.3) is 21.3 Å². The normalized spacial score (nSPS) is 11.0. The number of nitrogens with zero attached hydrogens (tertiary/aromatic N) is 3. The molecule has 1 N–H and O–H groups in total. The molecule has 30 heavy (non-hydrogen) atoms. The summed E-state index contributed by atoms with van der Waals surface area (Å²) in [5.74, 6) is -0.437. The van der Waals surface area contributed by atoms with Crippen molar-refractivity contribution in [3.05, 3.63) is 63.0 Å². The van der Waals surface area contributed by atoms with E-state index in [1.165, 1.54) is 40.5 Å². The van der Waals surface area contributed by atoms with Gasteiger partial charge in [-0.05, 0) is 12.5 Å². The standard InChI is InChI=1S/C21H18N4O3S2/c1-12-3-5-14(6-4-12)15-9-29-19-18(15)20(28)25(11-22-19)8-7-17(27)24-21-23-16(10-30-21)13(2)26/h3-6,9-11H,7-8H2,1-2H3,(H,23,24,27). The van der Waals surface area contributed by atoms with Gasteiger partial charge in [0.25, 0.3) is 5.56 Å². The van der Waals surface area contributed by atoms with Crippen molar-refractivity contribution < 1.29 is 9.59 Å². The Morgan fingerprint density at radius 3 is 2.60 bits per heavy atom. The number of carbonyl (C=O) groups is 2. The third kappa shape index (κ3) is 4.07. The van der Waals surface area contributed by atoms with E-state index in [1.54, 1.807) is 5.38 Å². The maximum Gasteiger partial charge on any atom is 0.262 e. The number of amides is 1. The average Bonchev–Trinajstić information content (AvgIpc) is 3.36. The molecule has 7 nitrogen and oxygen atoms in total. The number of benzene rings is 1. The second-order valence-electron chi connectivity index (χ2n) is 6.83. The van der Waals surface area contributed by atoms with Gasteiger partial charge in [-0.25, -0.2) is 9.97 Å². The summed E-state index contributed by atoms with van der Waals surface area (Å²) in [5.41, 5.74) is 3.12. The summed E-state index contributed by atoms with van der Waals surface area (Å²) >= 11 is 2.62. The predicted molar refractivity (Wildman–Crippen MR) is 119 cm³/mol. The van der Waals surface area contributed by atoms with E-state index < -0.39 is 0 Å². The Morgan fingerprint density at radius 2 is 1.90 bits per heavy atom. The number of ketones is 1. The lowest BCUT2D eigenvalue weighted by atomic mass is 10.1. The van der Waals surface area contributed by atoms with Gasteiger partial charge in [0.2, 0.25) is 5.91 Å². The monoisotopic (exact) mass is 438 g/mol. The first-order valence-corrected chi connectivity index (χ1v) is 11.0. The van der Waals surface area contributed by atoms with E-state index in [-0.39, 0.29) is 30.2 Å². The van der Waals surface area contributed by atoms with E-state index in [0.29, 0.717) is 21.0 Å². The van der Waals surface area contributed by atoms with Crippen molar-refractivity contribution in [3.8, 4) is 11.1 Å². The number of hydrogen-bond donors (Lipinski definition) is 1. The van der Waals surface area contributed by atoms with Crippen LogP contribution in [0.1, 0.15) is 29.4 Å². The third-order valence-electron chi connectivity index (χ3n) is 4.61. The lowest BCUT2D eigenvalue weighted by Crippen LogP contribution is -2.23. The van der Waals surface area contributed by atoms with Crippen LogP contribution in [0.15, 0.2) is 46.1 Å². The largest absolute Gasteiger partial charge is 0.302 e. The highest BCUT2D eigenvalue weighted by atomic mass is 32.1. The number of anilines is 1. The van der Waals surface area contributed by atoms with Gasteiger partial charge in [0.1, 0.15) is 10.5 Å². The molecule has 0 aliphatic carbocycles. The highest BCUT2D eigenvalue weighted by molar-refractivity contribution is 7.17. The molecule has 0 unspecified atom stereocenters. The molecule has 0 radical (unpaired) electrons. The van der Waals surface area contributed by atoms with Gasteiger partial charge in [-0.2, -0.15) is 0 Å². The second-order valence-corrected chi connectivity index (χ2v) is 8.55. The first-order chi connectivity index (χ1) is 14.4. The van der Waals surface area contributed by atoms with Gasteiger partial charge < -0.3 is 5.32 Å². The topological polar surface area (TPSA) is 94.0 Å². The van der Waals surface area contributed by atoms with Crippen LogP contribution in [0, 0.1) is 6.92 Å². The minimum atomic E-state index is -0.282. The molecule has 0 fully saturated rings. The van der Waals surface area contributed by atoms with E-state index in [9.17, 15) is 14.4 Å². The predicted octanol–water partition coefficient (Wildman–Crippen LogP) is 4.12. The highest BCUT2D eigenvalue weighted by Crippen LogP contribution is 2.30. The summed E-state index contributed by atoms with van der Waals surface area (Å²) in [6.07, 6.45) is 1.57. The van der Waals surface area contributed by atoms with Crippen LogP contribution in [0.2, 0.25) is 0 Å². The van der Waals surface area contributed by atoms with Crippen LogP contribution < -0.4 is 10.9 Å². The van der Waals surface area contributed by atoms with Crippen LogP contribution in [0.5, 0.6) is 0 Å². The molecule has 4 aromatic rings. The van der Waals surface area contributed by atoms with Crippen molar-refractivity contribution in [2.45, 2.75) is 26.8 Å². The third-order valence-corrected chi connectivity index (χ3v) is 6.26. The van der Waals surface area contributed by atoms with Crippen LogP contribution in [0.4, 0.5) is 5.13 Å². The van der Waals surface area contributed by atoms with E-state index in [0.717, 1.165) is 16.7 Å². The minimum Gasteiger partial charge on any atom is -0.302 e. The maximum absolute atomic E-state index is 13.0. The molecule has 0 aliphatic rings. The fraction of sp³-hybridized carbons (Fsp3) is 0.190. The maximum atomic E-state index is 13.0. The van der Waals surface area contributed by atoms with E-state index >= 15 is 0 Å². The Bertz CT molecular complexity index is 1300. The number of Topliss-reactive ketones (excluding diaryl/α,β-unsaturated/α-hetero) is 1. The van der Waals surface area contributed by atoms with Crippen LogP contribution in [-0.4, -0.2) is 26.2 Å². The fourth-order valence-electron chi connectivity index (χ4n) is 2.97. The second kappa shape index (κ2) is 8.29. The molecule has 4 rings (SSSR count). The summed E-state index contributed by atoms with van der Waals surface area (Å²) in [6.45, 7) is 3.63. The number of rotatable bonds is 6. The first-order valence-electron chi connectivity index (χ1n) is 9.22. The number of hydrogen-bond acceptors (Lipinski definition) is 7. The SMILES string of the molecule is CC(=O)c1csc(NC(=O)CCn2cnc3scc(-c4ccc(C)cc4)c3c2=O)n1. The Hall–Kier alpha value is -3.17. The van der Waals surface area contributed by atoms with Gasteiger partial charge in [0.15, 0.2) is 10.9 Å². The number of carbonyl (C=O) groups excluding carboxylic acids is 2. The van der Waals surface area contributed by atoms with E-state index in [1.807, 2.05) is 36.6 Å². The number of nitrogens with one attached hydrogen (secondary N) is 1. The Balaban J connectivity index is 1.53. The molecule has 152 valence electrons. The van der Waals surface area contributed by atoms with Crippen molar-refractivity contribution in [1.82, 2.24) is 14.5 Å². The van der Waals surface area contributed by atoms with Crippen molar-refractivity contribution in [2.75, 3.05) is 5.32 Å². The number of fused-ring (bicyclic) bond motifs is 1. The Morgan fingerprint density at radius 1 is 1.13 bits per heavy atom. The van der Waals surface area contributed by atoms with Gasteiger partial charge in [0, 0.05) is 36.2 Å². The molecular weight excluding hydrogens is 420 g/mol. The molecule has 0 atom stereocenters. The fourth-order valence-corrected chi connectivity index (χ4v) is 4.64. The molecule has 3 heterocycles. The highest BCUT2D eigenvalue weighted by Gasteiger charge is 2.14. The molecule has 0 aliphatic heterocycles.